The summed E-state index contributed by atoms with van der Waals surface area (Å²) in [6.45, 7) is 8.96. The molecule has 1 unspecified atom stereocenters. The van der Waals surface area contributed by atoms with Gasteiger partial charge in [-0.25, -0.2) is 0 Å². The molecule has 0 rings (SSSR count). The molecule has 24 heavy (non-hydrogen) atoms. The Labute approximate surface area is 157 Å². The smallest absolute Gasteiger partial charge is 0.211 e. The van der Waals surface area contributed by atoms with Gasteiger partial charge in [0.2, 0.25) is 9.04 Å². The zero-order valence-corrected chi connectivity index (χ0v) is 18.5. The van der Waals surface area contributed by atoms with E-state index in [0.717, 1.165) is 31.4 Å². The molecule has 0 bridgehead atoms. The van der Waals surface area contributed by atoms with Gasteiger partial charge in [0, 0.05) is 18.3 Å². The topological polar surface area (TPSA) is 26.3 Å². The fourth-order valence-corrected chi connectivity index (χ4v) is 6.29. The molecular formula is C20H41O2SSi. The van der Waals surface area contributed by atoms with E-state index in [9.17, 15) is 4.79 Å². The molecule has 0 spiro atoms. The number of unbranched alkanes of at least 4 members (excludes halogenated alkanes) is 4. The maximum absolute atomic E-state index is 11.9. The Bertz CT molecular complexity index is 279. The summed E-state index contributed by atoms with van der Waals surface area (Å²) >= 11 is 1.54. The van der Waals surface area contributed by atoms with Gasteiger partial charge in [-0.3, -0.25) is 4.79 Å². The average Bonchev–Trinajstić information content (AvgIpc) is 2.57. The number of hydrogen-bond donors (Lipinski definition) is 0. The Kier molecular flexibility index (Phi) is 18.1. The largest absolute Gasteiger partial charge is 0.414 e. The second-order valence-corrected chi connectivity index (χ2v) is 10.2. The predicted octanol–water partition coefficient (Wildman–Crippen LogP) is 6.99. The van der Waals surface area contributed by atoms with Gasteiger partial charge in [0.25, 0.3) is 0 Å². The molecule has 0 N–H and O–H groups in total. The van der Waals surface area contributed by atoms with E-state index in [1.807, 2.05) is 0 Å². The van der Waals surface area contributed by atoms with Crippen LogP contribution in [0.3, 0.4) is 0 Å². The maximum atomic E-state index is 11.9. The summed E-state index contributed by atoms with van der Waals surface area (Å²) in [7, 11) is -0.652. The van der Waals surface area contributed by atoms with E-state index in [0.29, 0.717) is 11.2 Å². The molecule has 0 amide bonds. The standard InChI is InChI=1S/C20H41O2SSi/c1-5-9-12-14-20(21)23-16-15-19(13-8-4)22-24(17-10-6-2)18-11-7-3/h19H,5-18H2,1-4H3. The van der Waals surface area contributed by atoms with Crippen LogP contribution in [0.15, 0.2) is 0 Å². The van der Waals surface area contributed by atoms with Crippen molar-refractivity contribution in [2.45, 2.75) is 117 Å². The zero-order valence-electron chi connectivity index (χ0n) is 16.7. The van der Waals surface area contributed by atoms with Crippen LogP contribution in [0.25, 0.3) is 0 Å². The molecule has 4 heteroatoms. The number of hydrogen-bond acceptors (Lipinski definition) is 3. The van der Waals surface area contributed by atoms with Crippen molar-refractivity contribution in [3.8, 4) is 0 Å². The van der Waals surface area contributed by atoms with Gasteiger partial charge in [0.15, 0.2) is 5.12 Å². The van der Waals surface area contributed by atoms with Gasteiger partial charge in [0.1, 0.15) is 0 Å². The second-order valence-electron chi connectivity index (χ2n) is 6.74. The summed E-state index contributed by atoms with van der Waals surface area (Å²) in [6, 6.07) is 2.59. The minimum atomic E-state index is -0.652. The molecule has 1 atom stereocenters. The Morgan fingerprint density at radius 3 is 2.04 bits per heavy atom. The molecule has 0 aromatic carbocycles. The van der Waals surface area contributed by atoms with Gasteiger partial charge in [0.05, 0.1) is 0 Å². The summed E-state index contributed by atoms with van der Waals surface area (Å²) in [5.41, 5.74) is 0. The normalized spacial score (nSPS) is 12.7. The first-order chi connectivity index (χ1) is 11.7. The Hall–Kier alpha value is 0.197. The third kappa shape index (κ3) is 14.5. The summed E-state index contributed by atoms with van der Waals surface area (Å²) in [5, 5.41) is 0.376. The van der Waals surface area contributed by atoms with Crippen LogP contribution in [0.4, 0.5) is 0 Å². The van der Waals surface area contributed by atoms with Gasteiger partial charge in [-0.15, -0.1) is 0 Å². The zero-order chi connectivity index (χ0) is 18.0. The molecule has 0 heterocycles. The van der Waals surface area contributed by atoms with Gasteiger partial charge in [-0.05, 0) is 31.4 Å². The van der Waals surface area contributed by atoms with Crippen molar-refractivity contribution in [1.29, 1.82) is 0 Å². The first-order valence-corrected chi connectivity index (χ1v) is 13.2. The van der Waals surface area contributed by atoms with Crippen molar-refractivity contribution < 1.29 is 9.22 Å². The highest BCUT2D eigenvalue weighted by atomic mass is 32.2. The molecule has 1 radical (unpaired) electrons. The third-order valence-electron chi connectivity index (χ3n) is 4.25. The van der Waals surface area contributed by atoms with Crippen LogP contribution < -0.4 is 0 Å². The monoisotopic (exact) mass is 373 g/mol. The van der Waals surface area contributed by atoms with Crippen LogP contribution in [0.1, 0.15) is 98.3 Å². The molecule has 0 fully saturated rings. The fourth-order valence-electron chi connectivity index (χ4n) is 2.71. The fraction of sp³-hybridized carbons (Fsp3) is 0.950. The van der Waals surface area contributed by atoms with Crippen LogP contribution in [0, 0.1) is 0 Å². The summed E-state index contributed by atoms with van der Waals surface area (Å²) in [5.74, 6) is 0.937. The van der Waals surface area contributed by atoms with Crippen LogP contribution in [0.2, 0.25) is 12.1 Å². The lowest BCUT2D eigenvalue weighted by Gasteiger charge is -2.23. The number of rotatable bonds is 17. The van der Waals surface area contributed by atoms with Crippen molar-refractivity contribution in [1.82, 2.24) is 0 Å². The highest BCUT2D eigenvalue weighted by Crippen LogP contribution is 2.20. The molecule has 0 saturated carbocycles. The molecular weight excluding hydrogens is 332 g/mol. The lowest BCUT2D eigenvalue weighted by Crippen LogP contribution is -2.26. The van der Waals surface area contributed by atoms with Gasteiger partial charge in [-0.2, -0.15) is 0 Å². The molecule has 0 saturated heterocycles. The third-order valence-corrected chi connectivity index (χ3v) is 7.70. The molecule has 0 aliphatic rings. The molecule has 0 aliphatic heterocycles. The summed E-state index contributed by atoms with van der Waals surface area (Å²) < 4.78 is 6.55. The SMILES string of the molecule is CCCCCC(=O)SCCC(CCC)O[Si](CCCC)CCCC. The molecule has 0 aromatic rings. The Morgan fingerprint density at radius 2 is 1.50 bits per heavy atom. The minimum absolute atomic E-state index is 0.376. The lowest BCUT2D eigenvalue weighted by atomic mass is 10.2. The Balaban J connectivity index is 4.16. The highest BCUT2D eigenvalue weighted by Gasteiger charge is 2.18. The quantitative estimate of drug-likeness (QED) is 0.203. The van der Waals surface area contributed by atoms with Crippen molar-refractivity contribution in [3.63, 3.8) is 0 Å². The number of thioether (sulfide) groups is 1. The van der Waals surface area contributed by atoms with E-state index in [-0.39, 0.29) is 0 Å². The molecule has 0 aliphatic carbocycles. The number of carbonyl (C=O) groups excluding carboxylic acids is 1. The second kappa shape index (κ2) is 18.0. The van der Waals surface area contributed by atoms with Crippen molar-refractivity contribution in [3.05, 3.63) is 0 Å². The van der Waals surface area contributed by atoms with E-state index >= 15 is 0 Å². The summed E-state index contributed by atoms with van der Waals surface area (Å²) in [4.78, 5) is 11.9. The minimum Gasteiger partial charge on any atom is -0.414 e. The molecule has 2 nitrogen and oxygen atoms in total. The average molecular weight is 374 g/mol. The molecule has 0 aromatic heterocycles. The first kappa shape index (κ1) is 24.2. The van der Waals surface area contributed by atoms with Crippen molar-refractivity contribution >= 4 is 25.9 Å². The van der Waals surface area contributed by atoms with Crippen LogP contribution in [0.5, 0.6) is 0 Å². The van der Waals surface area contributed by atoms with E-state index < -0.39 is 9.04 Å². The first-order valence-electron chi connectivity index (χ1n) is 10.3. The van der Waals surface area contributed by atoms with Gasteiger partial charge >= 0.3 is 0 Å². The van der Waals surface area contributed by atoms with Crippen LogP contribution in [-0.4, -0.2) is 26.0 Å². The Morgan fingerprint density at radius 1 is 0.875 bits per heavy atom. The van der Waals surface area contributed by atoms with Crippen molar-refractivity contribution in [2.24, 2.45) is 0 Å². The predicted molar refractivity (Wildman–Crippen MR) is 111 cm³/mol. The van der Waals surface area contributed by atoms with Crippen LogP contribution in [-0.2, 0) is 9.22 Å². The maximum Gasteiger partial charge on any atom is 0.211 e. The highest BCUT2D eigenvalue weighted by molar-refractivity contribution is 8.13. The van der Waals surface area contributed by atoms with E-state index in [1.165, 1.54) is 68.8 Å². The molecule has 143 valence electrons. The van der Waals surface area contributed by atoms with E-state index in [1.54, 1.807) is 0 Å². The lowest BCUT2D eigenvalue weighted by molar-refractivity contribution is -0.111. The summed E-state index contributed by atoms with van der Waals surface area (Å²) in [6.07, 6.45) is 13.1. The van der Waals surface area contributed by atoms with Gasteiger partial charge < -0.3 is 4.43 Å². The van der Waals surface area contributed by atoms with E-state index in [2.05, 4.69) is 27.7 Å². The van der Waals surface area contributed by atoms with E-state index in [4.69, 9.17) is 4.43 Å². The number of carbonyl (C=O) groups is 1. The van der Waals surface area contributed by atoms with Crippen molar-refractivity contribution in [2.75, 3.05) is 5.75 Å². The van der Waals surface area contributed by atoms with Crippen LogP contribution >= 0.6 is 11.8 Å². The van der Waals surface area contributed by atoms with Gasteiger partial charge in [-0.1, -0.05) is 84.4 Å².